The van der Waals surface area contributed by atoms with Crippen LogP contribution in [0.15, 0.2) is 164 Å². The molecule has 9 aromatic rings. The Hall–Kier alpha value is -6.42. The Morgan fingerprint density at radius 2 is 1.03 bits per heavy atom. The standard InChI is InChI=1S/C66H67N4O.Pt/c1-62(2,3)47-35-48(66(12,13)45-25-18-15-19-26-45)37-50(36-47)69-43-68(59-41-55(63(4,5)6)56(42-60(59)69)64(7,8)9)49-27-22-28-51(39-49)71-52-31-32-54-53-29-20-21-30-57(53)70(58(54)40-52)61-38-46(33-34-67-61)65(10,11)44-23-16-14-17-24-44;/h14-38,41-43H,1-13H3;/q-3;. The number of rotatable bonds is 9. The van der Waals surface area contributed by atoms with Crippen molar-refractivity contribution in [3.8, 4) is 17.3 Å². The van der Waals surface area contributed by atoms with Crippen LogP contribution in [0, 0.1) is 18.8 Å². The van der Waals surface area contributed by atoms with E-state index in [9.17, 15) is 0 Å². The maximum absolute atomic E-state index is 6.80. The molecule has 0 N–H and O–H groups in total. The zero-order chi connectivity index (χ0) is 50.3. The van der Waals surface area contributed by atoms with Crippen LogP contribution in [0.4, 0.5) is 22.7 Å². The third-order valence-corrected chi connectivity index (χ3v) is 14.7. The summed E-state index contributed by atoms with van der Waals surface area (Å²) in [4.78, 5) is 9.65. The monoisotopic (exact) mass is 1130 g/mol. The summed E-state index contributed by atoms with van der Waals surface area (Å²) in [6.07, 6.45) is 1.92. The third kappa shape index (κ3) is 9.30. The Labute approximate surface area is 443 Å². The van der Waals surface area contributed by atoms with Crippen LogP contribution in [-0.4, -0.2) is 9.55 Å². The molecule has 3 heterocycles. The molecular weight excluding hydrogens is 1060 g/mol. The third-order valence-electron chi connectivity index (χ3n) is 14.7. The molecule has 72 heavy (non-hydrogen) atoms. The Morgan fingerprint density at radius 3 is 1.65 bits per heavy atom. The molecule has 2 aromatic heterocycles. The molecule has 0 aliphatic carbocycles. The van der Waals surface area contributed by atoms with Gasteiger partial charge in [0.25, 0.3) is 0 Å². The van der Waals surface area contributed by atoms with E-state index in [0.717, 1.165) is 50.4 Å². The number of fused-ring (bicyclic) bond motifs is 4. The smallest absolute Gasteiger partial charge is 0.135 e. The van der Waals surface area contributed by atoms with Gasteiger partial charge in [0.2, 0.25) is 0 Å². The summed E-state index contributed by atoms with van der Waals surface area (Å²) >= 11 is 0. The summed E-state index contributed by atoms with van der Waals surface area (Å²) in [6.45, 7) is 32.3. The van der Waals surface area contributed by atoms with Crippen LogP contribution in [0.2, 0.25) is 0 Å². The maximum atomic E-state index is 6.80. The minimum Gasteiger partial charge on any atom is -0.509 e. The van der Waals surface area contributed by atoms with Crippen LogP contribution < -0.4 is 14.5 Å². The van der Waals surface area contributed by atoms with Gasteiger partial charge in [-0.15, -0.1) is 48.1 Å². The van der Waals surface area contributed by atoms with Crippen molar-refractivity contribution in [3.05, 3.63) is 222 Å². The number of benzene rings is 7. The van der Waals surface area contributed by atoms with E-state index in [1.807, 2.05) is 18.3 Å². The van der Waals surface area contributed by atoms with Gasteiger partial charge in [-0.25, -0.2) is 4.98 Å². The van der Waals surface area contributed by atoms with E-state index in [1.54, 1.807) is 0 Å². The molecule has 0 fully saturated rings. The van der Waals surface area contributed by atoms with Gasteiger partial charge in [-0.05, 0) is 103 Å². The molecular formula is C66H67N4OPt-3. The SMILES string of the molecule is CC(C)(C)c1cc(N2[CH-]N(c3[c-]c(Oc4[c-]c5c(cc4)c4ccccc4n5-c4cc(C(C)(C)c5ccccc5)ccn4)ccc3)c3cc(C(C)(C)C)c(C(C)(C)C)cc32)cc(C(C)(C)c2ccccc2)c1.[Pt]. The molecule has 0 unspecified atom stereocenters. The first-order valence-electron chi connectivity index (χ1n) is 25.1. The minimum absolute atomic E-state index is 0. The topological polar surface area (TPSA) is 33.5 Å². The second kappa shape index (κ2) is 18.6. The van der Waals surface area contributed by atoms with Crippen molar-refractivity contribution >= 4 is 44.6 Å². The minimum atomic E-state index is -0.236. The van der Waals surface area contributed by atoms with Crippen molar-refractivity contribution in [1.29, 1.82) is 0 Å². The molecule has 0 spiro atoms. The molecule has 10 rings (SSSR count). The Balaban J connectivity index is 0.00000640. The maximum Gasteiger partial charge on any atom is 0.135 e. The van der Waals surface area contributed by atoms with E-state index in [-0.39, 0.29) is 48.1 Å². The Kier molecular flexibility index (Phi) is 13.0. The van der Waals surface area contributed by atoms with Crippen LogP contribution in [0.3, 0.4) is 0 Å². The molecule has 0 radical (unpaired) electrons. The van der Waals surface area contributed by atoms with Gasteiger partial charge in [-0.3, -0.25) is 0 Å². The molecule has 5 nitrogen and oxygen atoms in total. The van der Waals surface area contributed by atoms with E-state index in [4.69, 9.17) is 9.72 Å². The number of anilines is 4. The zero-order valence-electron chi connectivity index (χ0n) is 44.2. The van der Waals surface area contributed by atoms with Gasteiger partial charge < -0.3 is 19.1 Å². The molecule has 370 valence electrons. The van der Waals surface area contributed by atoms with Gasteiger partial charge >= 0.3 is 0 Å². The zero-order valence-corrected chi connectivity index (χ0v) is 46.5. The van der Waals surface area contributed by atoms with Crippen molar-refractivity contribution in [2.75, 3.05) is 9.80 Å². The number of ether oxygens (including phenoxy) is 1. The second-order valence-electron chi connectivity index (χ2n) is 23.6. The average molecular weight is 1130 g/mol. The van der Waals surface area contributed by atoms with Crippen molar-refractivity contribution in [2.24, 2.45) is 0 Å². The fourth-order valence-corrected chi connectivity index (χ4v) is 10.3. The normalized spacial score (nSPS) is 13.4. The summed E-state index contributed by atoms with van der Waals surface area (Å²) in [5.74, 6) is 2.03. The van der Waals surface area contributed by atoms with Crippen LogP contribution >= 0.6 is 0 Å². The first-order valence-corrected chi connectivity index (χ1v) is 25.1. The molecule has 1 aliphatic heterocycles. The van der Waals surface area contributed by atoms with E-state index >= 15 is 0 Å². The van der Waals surface area contributed by atoms with Gasteiger partial charge in [0.05, 0.1) is 0 Å². The predicted octanol–water partition coefficient (Wildman–Crippen LogP) is 17.5. The number of hydrogen-bond donors (Lipinski definition) is 0. The van der Waals surface area contributed by atoms with Crippen LogP contribution in [0.1, 0.15) is 129 Å². The molecule has 1 aliphatic rings. The summed E-state index contributed by atoms with van der Waals surface area (Å²) < 4.78 is 9.01. The summed E-state index contributed by atoms with van der Waals surface area (Å²) in [7, 11) is 0. The molecule has 0 amide bonds. The van der Waals surface area contributed by atoms with Crippen molar-refractivity contribution in [3.63, 3.8) is 0 Å². The first-order chi connectivity index (χ1) is 33.6. The van der Waals surface area contributed by atoms with E-state index in [2.05, 4.69) is 269 Å². The molecule has 0 saturated heterocycles. The number of aromatic nitrogens is 2. The Bertz CT molecular complexity index is 3440. The quantitative estimate of drug-likeness (QED) is 0.135. The van der Waals surface area contributed by atoms with Gasteiger partial charge in [0, 0.05) is 72.2 Å². The molecule has 0 bridgehead atoms. The molecule has 0 atom stereocenters. The summed E-state index contributed by atoms with van der Waals surface area (Å²) in [6, 6.07) is 64.2. The average Bonchev–Trinajstić information content (AvgIpc) is 3.89. The van der Waals surface area contributed by atoms with Gasteiger partial charge in [-0.2, -0.15) is 12.1 Å². The van der Waals surface area contributed by atoms with Crippen LogP contribution in [0.25, 0.3) is 27.6 Å². The van der Waals surface area contributed by atoms with Gasteiger partial charge in [0.1, 0.15) is 5.82 Å². The first kappa shape index (κ1) is 50.5. The van der Waals surface area contributed by atoms with Crippen LogP contribution in [0.5, 0.6) is 11.5 Å². The molecule has 6 heteroatoms. The Morgan fingerprint density at radius 1 is 0.458 bits per heavy atom. The second-order valence-corrected chi connectivity index (χ2v) is 23.6. The van der Waals surface area contributed by atoms with Crippen LogP contribution in [-0.2, 0) is 48.1 Å². The predicted molar refractivity (Wildman–Crippen MR) is 297 cm³/mol. The number of pyridine rings is 1. The summed E-state index contributed by atoms with van der Waals surface area (Å²) in [5.41, 5.74) is 14.4. The van der Waals surface area contributed by atoms with Gasteiger partial charge in [-0.1, -0.05) is 180 Å². The molecule has 0 saturated carbocycles. The number of para-hydroxylation sites is 1. The van der Waals surface area contributed by atoms with E-state index in [1.165, 1.54) is 38.9 Å². The summed E-state index contributed by atoms with van der Waals surface area (Å²) in [5, 5.41) is 2.22. The largest absolute Gasteiger partial charge is 0.509 e. The van der Waals surface area contributed by atoms with Crippen molar-refractivity contribution in [1.82, 2.24) is 9.55 Å². The van der Waals surface area contributed by atoms with Crippen molar-refractivity contribution < 1.29 is 25.8 Å². The fraction of sp³-hybridized carbons (Fsp3) is 0.273. The fourth-order valence-electron chi connectivity index (χ4n) is 10.3. The van der Waals surface area contributed by atoms with Crippen molar-refractivity contribution in [2.45, 2.75) is 117 Å². The number of nitrogens with zero attached hydrogens (tertiary/aromatic N) is 4. The van der Waals surface area contributed by atoms with E-state index in [0.29, 0.717) is 11.5 Å². The van der Waals surface area contributed by atoms with Gasteiger partial charge in [0.15, 0.2) is 0 Å². The number of hydrogen-bond acceptors (Lipinski definition) is 4. The molecule has 7 aromatic carbocycles. The van der Waals surface area contributed by atoms with E-state index < -0.39 is 0 Å².